The van der Waals surface area contributed by atoms with Crippen LogP contribution in [-0.4, -0.2) is 34.1 Å². The van der Waals surface area contributed by atoms with E-state index >= 15 is 0 Å². The van der Waals surface area contributed by atoms with E-state index in [-0.39, 0.29) is 0 Å². The molecule has 0 unspecified atom stereocenters. The summed E-state index contributed by atoms with van der Waals surface area (Å²) in [5.41, 5.74) is 7.99. The van der Waals surface area contributed by atoms with E-state index in [1.807, 2.05) is 73.1 Å². The summed E-state index contributed by atoms with van der Waals surface area (Å²) in [5.74, 6) is 2.27. The molecule has 0 N–H and O–H groups in total. The monoisotopic (exact) mass is 691 g/mol. The molecule has 0 bridgehead atoms. The summed E-state index contributed by atoms with van der Waals surface area (Å²) in [6.07, 6.45) is 3.64. The highest BCUT2D eigenvalue weighted by Crippen LogP contribution is 2.42. The first-order valence-electron chi connectivity index (χ1n) is 17.9. The van der Waals surface area contributed by atoms with E-state index in [2.05, 4.69) is 112 Å². The van der Waals surface area contributed by atoms with Crippen molar-refractivity contribution in [2.75, 3.05) is 0 Å². The Labute approximate surface area is 309 Å². The summed E-state index contributed by atoms with van der Waals surface area (Å²) in [4.78, 5) is 24.8. The van der Waals surface area contributed by atoms with Crippen LogP contribution < -0.4 is 0 Å². The molecule has 0 saturated carbocycles. The van der Waals surface area contributed by atoms with Gasteiger partial charge in [-0.05, 0) is 47.2 Å². The van der Waals surface area contributed by atoms with Crippen LogP contribution in [0.3, 0.4) is 0 Å². The van der Waals surface area contributed by atoms with Gasteiger partial charge < -0.3 is 4.57 Å². The van der Waals surface area contributed by atoms with Gasteiger partial charge in [0.1, 0.15) is 0 Å². The molecule has 0 atom stereocenters. The number of rotatable bonds is 5. The highest BCUT2D eigenvalue weighted by atomic mass is 15.2. The highest BCUT2D eigenvalue weighted by Gasteiger charge is 2.22. The topological polar surface area (TPSA) is 74.3 Å². The summed E-state index contributed by atoms with van der Waals surface area (Å²) in [6, 6.07) is 56.7. The van der Waals surface area contributed by atoms with E-state index in [0.29, 0.717) is 29.0 Å². The third-order valence-corrected chi connectivity index (χ3v) is 10.2. The first-order valence-corrected chi connectivity index (χ1v) is 17.9. The van der Waals surface area contributed by atoms with Gasteiger partial charge in [0.05, 0.1) is 27.6 Å². The second-order valence-electron chi connectivity index (χ2n) is 13.4. The molecule has 0 aliphatic heterocycles. The van der Waals surface area contributed by atoms with E-state index in [9.17, 15) is 0 Å². The lowest BCUT2D eigenvalue weighted by molar-refractivity contribution is 0.984. The number of nitrogens with zero attached hydrogens (tertiary/aromatic N) is 7. The first kappa shape index (κ1) is 30.1. The fourth-order valence-corrected chi connectivity index (χ4v) is 7.79. The van der Waals surface area contributed by atoms with Gasteiger partial charge in [-0.25, -0.2) is 24.9 Å². The van der Waals surface area contributed by atoms with Crippen LogP contribution in [0.1, 0.15) is 0 Å². The molecule has 7 nitrogen and oxygen atoms in total. The Balaban J connectivity index is 1.16. The quantitative estimate of drug-likeness (QED) is 0.180. The molecule has 0 spiro atoms. The van der Waals surface area contributed by atoms with Crippen LogP contribution in [-0.2, 0) is 0 Å². The van der Waals surface area contributed by atoms with Crippen LogP contribution in [0, 0.1) is 0 Å². The normalized spacial score (nSPS) is 11.7. The number of aromatic nitrogens is 7. The largest absolute Gasteiger partial charge is 0.309 e. The highest BCUT2D eigenvalue weighted by molar-refractivity contribution is 6.27. The van der Waals surface area contributed by atoms with Crippen molar-refractivity contribution >= 4 is 54.4 Å². The Hall–Kier alpha value is -7.51. The van der Waals surface area contributed by atoms with Gasteiger partial charge >= 0.3 is 0 Å². The summed E-state index contributed by atoms with van der Waals surface area (Å²) in [6.45, 7) is 0. The minimum atomic E-state index is 0.511. The van der Waals surface area contributed by atoms with E-state index in [1.165, 1.54) is 16.2 Å². The van der Waals surface area contributed by atoms with Gasteiger partial charge in [-0.1, -0.05) is 127 Å². The molecule has 252 valence electrons. The van der Waals surface area contributed by atoms with Crippen LogP contribution in [0.5, 0.6) is 0 Å². The van der Waals surface area contributed by atoms with Crippen LogP contribution in [0.2, 0.25) is 0 Å². The van der Waals surface area contributed by atoms with Crippen molar-refractivity contribution in [3.63, 3.8) is 0 Å². The standard InChI is InChI=1S/C47H29N7/c1-4-14-30(15-5-1)44-50-45(31-16-6-2-7-17-31)52-46(51-44)34-28-48-47(49-29-34)54-39-23-13-12-22-36(39)37-24-25-40-42(43(37)54)38-26-32-18-10-11-19-33(32)27-41(38)53(40)35-20-8-3-9-21-35/h1-29H. The molecule has 11 aromatic rings. The zero-order chi connectivity index (χ0) is 35.6. The lowest BCUT2D eigenvalue weighted by Crippen LogP contribution is -2.03. The number of benzene rings is 7. The number of hydrogen-bond donors (Lipinski definition) is 0. The third kappa shape index (κ3) is 4.72. The predicted molar refractivity (Wildman–Crippen MR) is 218 cm³/mol. The van der Waals surface area contributed by atoms with Gasteiger partial charge in [-0.2, -0.15) is 0 Å². The van der Waals surface area contributed by atoms with Crippen molar-refractivity contribution in [2.24, 2.45) is 0 Å². The molecule has 11 rings (SSSR count). The molecule has 7 aromatic carbocycles. The van der Waals surface area contributed by atoms with Gasteiger partial charge in [-0.3, -0.25) is 4.57 Å². The van der Waals surface area contributed by atoms with Crippen LogP contribution in [0.15, 0.2) is 176 Å². The van der Waals surface area contributed by atoms with Crippen molar-refractivity contribution in [3.8, 4) is 45.8 Å². The minimum Gasteiger partial charge on any atom is -0.309 e. The van der Waals surface area contributed by atoms with Crippen molar-refractivity contribution in [1.29, 1.82) is 0 Å². The molecule has 0 fully saturated rings. The maximum absolute atomic E-state index is 5.05. The van der Waals surface area contributed by atoms with Crippen LogP contribution in [0.25, 0.3) is 100 Å². The molecular weight excluding hydrogens is 663 g/mol. The van der Waals surface area contributed by atoms with Crippen LogP contribution >= 0.6 is 0 Å². The second-order valence-corrected chi connectivity index (χ2v) is 13.4. The lowest BCUT2D eigenvalue weighted by atomic mass is 10.0. The average Bonchev–Trinajstić information content (AvgIpc) is 3.76. The molecule has 0 aliphatic rings. The molecule has 0 saturated heterocycles. The zero-order valence-electron chi connectivity index (χ0n) is 28.9. The zero-order valence-corrected chi connectivity index (χ0v) is 28.9. The van der Waals surface area contributed by atoms with E-state index in [1.54, 1.807) is 0 Å². The van der Waals surface area contributed by atoms with Crippen molar-refractivity contribution < 1.29 is 0 Å². The summed E-state index contributed by atoms with van der Waals surface area (Å²) in [5, 5.41) is 7.00. The minimum absolute atomic E-state index is 0.511. The SMILES string of the molecule is c1ccc(-c2nc(-c3ccccc3)nc(-c3cnc(-n4c5ccccc5c5ccc6c(c7cc8ccccc8cc7n6-c6ccccc6)c54)nc3)n2)cc1. The third-order valence-electron chi connectivity index (χ3n) is 10.2. The van der Waals surface area contributed by atoms with Crippen LogP contribution in [0.4, 0.5) is 0 Å². The van der Waals surface area contributed by atoms with Gasteiger partial charge in [0.15, 0.2) is 17.5 Å². The Bertz CT molecular complexity index is 3130. The number of hydrogen-bond acceptors (Lipinski definition) is 5. The molecule has 0 amide bonds. The molecule has 7 heteroatoms. The molecule has 0 aliphatic carbocycles. The number of fused-ring (bicyclic) bond motifs is 8. The lowest BCUT2D eigenvalue weighted by Gasteiger charge is -2.10. The van der Waals surface area contributed by atoms with Crippen molar-refractivity contribution in [2.45, 2.75) is 0 Å². The Morgan fingerprint density at radius 3 is 1.59 bits per heavy atom. The Kier molecular flexibility index (Phi) is 6.72. The van der Waals surface area contributed by atoms with E-state index < -0.39 is 0 Å². The first-order chi connectivity index (χ1) is 26.8. The summed E-state index contributed by atoms with van der Waals surface area (Å²) >= 11 is 0. The second kappa shape index (κ2) is 12.0. The number of para-hydroxylation sites is 2. The predicted octanol–water partition coefficient (Wildman–Crippen LogP) is 11.0. The summed E-state index contributed by atoms with van der Waals surface area (Å²) in [7, 11) is 0. The molecular formula is C47H29N7. The van der Waals surface area contributed by atoms with Crippen molar-refractivity contribution in [3.05, 3.63) is 176 Å². The Morgan fingerprint density at radius 2 is 0.926 bits per heavy atom. The summed E-state index contributed by atoms with van der Waals surface area (Å²) < 4.78 is 4.58. The fraction of sp³-hybridized carbons (Fsp3) is 0. The van der Waals surface area contributed by atoms with E-state index in [4.69, 9.17) is 24.9 Å². The van der Waals surface area contributed by atoms with Gasteiger partial charge in [0, 0.05) is 50.8 Å². The molecule has 4 heterocycles. The van der Waals surface area contributed by atoms with E-state index in [0.717, 1.165) is 55.0 Å². The maximum atomic E-state index is 5.05. The van der Waals surface area contributed by atoms with Crippen molar-refractivity contribution in [1.82, 2.24) is 34.1 Å². The maximum Gasteiger partial charge on any atom is 0.234 e. The molecule has 0 radical (unpaired) electrons. The smallest absolute Gasteiger partial charge is 0.234 e. The fourth-order valence-electron chi connectivity index (χ4n) is 7.79. The van der Waals surface area contributed by atoms with Gasteiger partial charge in [-0.15, -0.1) is 0 Å². The Morgan fingerprint density at radius 1 is 0.370 bits per heavy atom. The van der Waals surface area contributed by atoms with Gasteiger partial charge in [0.25, 0.3) is 0 Å². The molecule has 54 heavy (non-hydrogen) atoms. The molecule has 4 aromatic heterocycles. The average molecular weight is 692 g/mol. The van der Waals surface area contributed by atoms with Gasteiger partial charge in [0.2, 0.25) is 5.95 Å².